The zero-order valence-electron chi connectivity index (χ0n) is 16.9. The van der Waals surface area contributed by atoms with Gasteiger partial charge >= 0.3 is 0 Å². The highest BCUT2D eigenvalue weighted by Crippen LogP contribution is 2.23. The van der Waals surface area contributed by atoms with E-state index in [2.05, 4.69) is 41.5 Å². The fourth-order valence-corrected chi connectivity index (χ4v) is 3.34. The molecule has 150 valence electrons. The van der Waals surface area contributed by atoms with E-state index in [1.807, 2.05) is 11.7 Å². The Hall–Kier alpha value is -0.870. The van der Waals surface area contributed by atoms with Gasteiger partial charge in [-0.2, -0.15) is 5.10 Å². The number of halogens is 1. The van der Waals surface area contributed by atoms with Gasteiger partial charge in [0.2, 0.25) is 0 Å². The van der Waals surface area contributed by atoms with Gasteiger partial charge in [0, 0.05) is 65.5 Å². The number of methoxy groups -OCH3 is 1. The number of nitrogens with zero attached hydrogens (tertiary/aromatic N) is 3. The first-order valence-corrected chi connectivity index (χ1v) is 9.00. The largest absolute Gasteiger partial charge is 0.381 e. The zero-order valence-corrected chi connectivity index (χ0v) is 19.2. The fraction of sp³-hybridized carbons (Fsp3) is 0.778. The molecule has 0 aromatic carbocycles. The van der Waals surface area contributed by atoms with E-state index in [1.54, 1.807) is 14.2 Å². The first-order valence-electron chi connectivity index (χ1n) is 9.00. The molecule has 1 fully saturated rings. The van der Waals surface area contributed by atoms with Crippen molar-refractivity contribution in [1.82, 2.24) is 20.4 Å². The van der Waals surface area contributed by atoms with Crippen molar-refractivity contribution in [3.63, 3.8) is 0 Å². The van der Waals surface area contributed by atoms with E-state index in [-0.39, 0.29) is 35.6 Å². The topological polar surface area (TPSA) is 72.7 Å². The maximum atomic E-state index is 5.77. The van der Waals surface area contributed by atoms with Crippen molar-refractivity contribution < 1.29 is 9.47 Å². The van der Waals surface area contributed by atoms with Crippen LogP contribution in [0.5, 0.6) is 0 Å². The molecule has 2 heterocycles. The SMILES string of the molecule is CN=C(NCC1(OC)CCOCC1)NC(C)Cc1c(C)nn(C)c1C.I. The lowest BCUT2D eigenvalue weighted by Crippen LogP contribution is -2.52. The standard InChI is InChI=1S/C18H33N5O2.HI/c1-13(11-16-14(2)22-23(5)15(16)3)21-17(19-4)20-12-18(24-6)7-9-25-10-8-18;/h13H,7-12H2,1-6H3,(H2,19,20,21);1H. The Balaban J connectivity index is 0.00000338. The van der Waals surface area contributed by atoms with Crippen LogP contribution in [-0.4, -0.2) is 61.3 Å². The summed E-state index contributed by atoms with van der Waals surface area (Å²) in [7, 11) is 5.56. The molecule has 7 nitrogen and oxygen atoms in total. The van der Waals surface area contributed by atoms with E-state index >= 15 is 0 Å². The first kappa shape index (κ1) is 23.2. The van der Waals surface area contributed by atoms with E-state index < -0.39 is 0 Å². The Morgan fingerprint density at radius 3 is 2.54 bits per heavy atom. The molecule has 1 aromatic heterocycles. The van der Waals surface area contributed by atoms with Gasteiger partial charge in [-0.25, -0.2) is 0 Å². The van der Waals surface area contributed by atoms with Crippen LogP contribution in [0.3, 0.4) is 0 Å². The maximum absolute atomic E-state index is 5.77. The van der Waals surface area contributed by atoms with Gasteiger partial charge < -0.3 is 20.1 Å². The number of rotatable bonds is 6. The van der Waals surface area contributed by atoms with E-state index in [0.717, 1.165) is 50.7 Å². The summed E-state index contributed by atoms with van der Waals surface area (Å²) in [5, 5.41) is 11.4. The molecule has 1 aromatic rings. The third-order valence-corrected chi connectivity index (χ3v) is 5.19. The molecule has 0 radical (unpaired) electrons. The highest BCUT2D eigenvalue weighted by Gasteiger charge is 2.32. The molecule has 1 unspecified atom stereocenters. The van der Waals surface area contributed by atoms with Gasteiger partial charge in [-0.15, -0.1) is 24.0 Å². The molecule has 1 aliphatic heterocycles. The van der Waals surface area contributed by atoms with Gasteiger partial charge in [0.15, 0.2) is 5.96 Å². The Labute approximate surface area is 174 Å². The molecule has 0 aliphatic carbocycles. The average molecular weight is 479 g/mol. The van der Waals surface area contributed by atoms with Crippen LogP contribution in [0.2, 0.25) is 0 Å². The second-order valence-corrected chi connectivity index (χ2v) is 6.95. The molecular formula is C18H34IN5O2. The molecule has 2 rings (SSSR count). The Morgan fingerprint density at radius 2 is 2.04 bits per heavy atom. The molecule has 0 spiro atoms. The van der Waals surface area contributed by atoms with Gasteiger partial charge in [0.1, 0.15) is 0 Å². The zero-order chi connectivity index (χ0) is 18.4. The number of aliphatic imine (C=N–C) groups is 1. The summed E-state index contributed by atoms with van der Waals surface area (Å²) in [6, 6.07) is 0.251. The number of guanidine groups is 1. The van der Waals surface area contributed by atoms with Crippen molar-refractivity contribution in [2.45, 2.75) is 51.7 Å². The van der Waals surface area contributed by atoms with Gasteiger partial charge in [-0.3, -0.25) is 9.67 Å². The third-order valence-electron chi connectivity index (χ3n) is 5.19. The highest BCUT2D eigenvalue weighted by atomic mass is 127. The summed E-state index contributed by atoms with van der Waals surface area (Å²) < 4.78 is 13.2. The minimum absolute atomic E-state index is 0. The minimum atomic E-state index is -0.171. The van der Waals surface area contributed by atoms with Crippen LogP contribution in [-0.2, 0) is 22.9 Å². The Bertz CT molecular complexity index is 597. The smallest absolute Gasteiger partial charge is 0.191 e. The van der Waals surface area contributed by atoms with Gasteiger partial charge in [-0.05, 0) is 32.8 Å². The van der Waals surface area contributed by atoms with Crippen LogP contribution in [0, 0.1) is 13.8 Å². The predicted molar refractivity (Wildman–Crippen MR) is 116 cm³/mol. The maximum Gasteiger partial charge on any atom is 0.191 e. The third kappa shape index (κ3) is 5.82. The number of ether oxygens (including phenoxy) is 2. The molecule has 1 atom stereocenters. The molecule has 1 saturated heterocycles. The molecular weight excluding hydrogens is 445 g/mol. The van der Waals surface area contributed by atoms with Crippen LogP contribution >= 0.6 is 24.0 Å². The summed E-state index contributed by atoms with van der Waals surface area (Å²) in [4.78, 5) is 4.36. The summed E-state index contributed by atoms with van der Waals surface area (Å²) >= 11 is 0. The van der Waals surface area contributed by atoms with Crippen molar-refractivity contribution in [3.05, 3.63) is 17.0 Å². The average Bonchev–Trinajstić information content (AvgIpc) is 2.85. The molecule has 26 heavy (non-hydrogen) atoms. The highest BCUT2D eigenvalue weighted by molar-refractivity contribution is 14.0. The monoisotopic (exact) mass is 479 g/mol. The van der Waals surface area contributed by atoms with Crippen LogP contribution in [0.4, 0.5) is 0 Å². The quantitative estimate of drug-likeness (QED) is 0.371. The normalized spacial score (nSPS) is 18.2. The Kier molecular flexibility index (Phi) is 9.32. The van der Waals surface area contributed by atoms with Crippen LogP contribution in [0.25, 0.3) is 0 Å². The van der Waals surface area contributed by atoms with Crippen LogP contribution in [0.15, 0.2) is 4.99 Å². The number of nitrogens with one attached hydrogen (secondary N) is 2. The number of hydrogen-bond acceptors (Lipinski definition) is 4. The first-order chi connectivity index (χ1) is 11.9. The van der Waals surface area contributed by atoms with Crippen molar-refractivity contribution in [3.8, 4) is 0 Å². The van der Waals surface area contributed by atoms with Gasteiger partial charge in [0.25, 0.3) is 0 Å². The predicted octanol–water partition coefficient (Wildman–Crippen LogP) is 1.95. The van der Waals surface area contributed by atoms with Crippen LogP contribution in [0.1, 0.15) is 36.7 Å². The van der Waals surface area contributed by atoms with Crippen molar-refractivity contribution in [1.29, 1.82) is 0 Å². The van der Waals surface area contributed by atoms with Gasteiger partial charge in [0.05, 0.1) is 11.3 Å². The van der Waals surface area contributed by atoms with Crippen LogP contribution < -0.4 is 10.6 Å². The second-order valence-electron chi connectivity index (χ2n) is 6.95. The summed E-state index contributed by atoms with van der Waals surface area (Å²) in [5.74, 6) is 0.801. The van der Waals surface area contributed by atoms with E-state index in [1.165, 1.54) is 11.3 Å². The van der Waals surface area contributed by atoms with Gasteiger partial charge in [-0.1, -0.05) is 0 Å². The van der Waals surface area contributed by atoms with E-state index in [0.29, 0.717) is 0 Å². The summed E-state index contributed by atoms with van der Waals surface area (Å²) in [6.45, 7) is 8.57. The number of aryl methyl sites for hydroxylation is 2. The molecule has 0 saturated carbocycles. The second kappa shape index (κ2) is 10.5. The lowest BCUT2D eigenvalue weighted by molar-refractivity contribution is -0.0855. The van der Waals surface area contributed by atoms with Crippen molar-refractivity contribution in [2.24, 2.45) is 12.0 Å². The molecule has 1 aliphatic rings. The lowest BCUT2D eigenvalue weighted by Gasteiger charge is -2.36. The van der Waals surface area contributed by atoms with E-state index in [4.69, 9.17) is 9.47 Å². The Morgan fingerprint density at radius 1 is 1.38 bits per heavy atom. The summed E-state index contributed by atoms with van der Waals surface area (Å²) in [5.41, 5.74) is 3.44. The fourth-order valence-electron chi connectivity index (χ4n) is 3.34. The van der Waals surface area contributed by atoms with Crippen molar-refractivity contribution in [2.75, 3.05) is 33.9 Å². The lowest BCUT2D eigenvalue weighted by atomic mass is 9.94. The molecule has 2 N–H and O–H groups in total. The molecule has 0 bridgehead atoms. The van der Waals surface area contributed by atoms with E-state index in [9.17, 15) is 0 Å². The van der Waals surface area contributed by atoms with Crippen molar-refractivity contribution >= 4 is 29.9 Å². The molecule has 0 amide bonds. The minimum Gasteiger partial charge on any atom is -0.381 e. The summed E-state index contributed by atoms with van der Waals surface area (Å²) in [6.07, 6.45) is 2.71. The number of aromatic nitrogens is 2. The number of hydrogen-bond donors (Lipinski definition) is 2. The molecule has 8 heteroatoms.